The molecule has 3 aromatic carbocycles. The molecular formula is C25H27N3O5. The number of aliphatic carboxylic acids is 1. The van der Waals surface area contributed by atoms with Gasteiger partial charge in [-0.3, -0.25) is 9.59 Å². The maximum absolute atomic E-state index is 12.4. The lowest BCUT2D eigenvalue weighted by atomic mass is 10.2. The molecule has 0 radical (unpaired) electrons. The van der Waals surface area contributed by atoms with Crippen molar-refractivity contribution in [3.8, 4) is 17.2 Å². The summed E-state index contributed by atoms with van der Waals surface area (Å²) in [5, 5.41) is 18.3. The second-order valence-corrected chi connectivity index (χ2v) is 7.16. The number of rotatable bonds is 12. The third-order valence-corrected chi connectivity index (χ3v) is 4.74. The lowest BCUT2D eigenvalue weighted by molar-refractivity contribution is -0.141. The molecule has 172 valence electrons. The molecule has 8 heteroatoms. The van der Waals surface area contributed by atoms with Gasteiger partial charge in [0, 0.05) is 18.8 Å². The van der Waals surface area contributed by atoms with Crippen LogP contribution in [0.5, 0.6) is 17.2 Å². The highest BCUT2D eigenvalue weighted by atomic mass is 16.5. The number of anilines is 2. The highest BCUT2D eigenvalue weighted by molar-refractivity contribution is 5.94. The summed E-state index contributed by atoms with van der Waals surface area (Å²) in [7, 11) is 1.59. The van der Waals surface area contributed by atoms with Crippen LogP contribution in [0.15, 0.2) is 78.9 Å². The summed E-state index contributed by atoms with van der Waals surface area (Å²) in [4.78, 5) is 23.9. The molecule has 3 aromatic rings. The first kappa shape index (κ1) is 23.6. The molecular weight excluding hydrogens is 422 g/mol. The van der Waals surface area contributed by atoms with E-state index in [0.29, 0.717) is 36.0 Å². The van der Waals surface area contributed by atoms with Crippen molar-refractivity contribution >= 4 is 23.3 Å². The van der Waals surface area contributed by atoms with Crippen LogP contribution in [0.25, 0.3) is 0 Å². The van der Waals surface area contributed by atoms with Gasteiger partial charge in [0.05, 0.1) is 19.2 Å². The number of carboxylic acids is 1. The Labute approximate surface area is 192 Å². The Morgan fingerprint density at radius 1 is 0.879 bits per heavy atom. The average molecular weight is 450 g/mol. The van der Waals surface area contributed by atoms with Gasteiger partial charge in [0.15, 0.2) is 0 Å². The van der Waals surface area contributed by atoms with Gasteiger partial charge in [0.1, 0.15) is 23.3 Å². The zero-order valence-corrected chi connectivity index (χ0v) is 18.3. The fraction of sp³-hybridized carbons (Fsp3) is 0.200. The van der Waals surface area contributed by atoms with Crippen molar-refractivity contribution in [1.29, 1.82) is 0 Å². The molecule has 0 unspecified atom stereocenters. The van der Waals surface area contributed by atoms with E-state index in [1.54, 1.807) is 31.4 Å². The molecule has 0 heterocycles. The van der Waals surface area contributed by atoms with Crippen LogP contribution in [0.4, 0.5) is 11.4 Å². The molecule has 0 spiro atoms. The Hall–Kier alpha value is -4.04. The molecule has 3 rings (SSSR count). The molecule has 0 aliphatic heterocycles. The summed E-state index contributed by atoms with van der Waals surface area (Å²) in [6.45, 7) is 0.822. The van der Waals surface area contributed by atoms with Crippen LogP contribution in [0.1, 0.15) is 6.42 Å². The van der Waals surface area contributed by atoms with E-state index in [-0.39, 0.29) is 6.42 Å². The van der Waals surface area contributed by atoms with Crippen molar-refractivity contribution in [1.82, 2.24) is 5.32 Å². The van der Waals surface area contributed by atoms with Gasteiger partial charge in [-0.15, -0.1) is 0 Å². The molecule has 4 N–H and O–H groups in total. The van der Waals surface area contributed by atoms with Crippen molar-refractivity contribution in [2.75, 3.05) is 30.8 Å². The van der Waals surface area contributed by atoms with Crippen LogP contribution in [0.2, 0.25) is 0 Å². The zero-order chi connectivity index (χ0) is 23.5. The molecule has 0 aliphatic carbocycles. The summed E-state index contributed by atoms with van der Waals surface area (Å²) < 4.78 is 11.0. The first-order valence-corrected chi connectivity index (χ1v) is 10.5. The third kappa shape index (κ3) is 7.55. The maximum atomic E-state index is 12.4. The number of benzene rings is 3. The lowest BCUT2D eigenvalue weighted by Gasteiger charge is -2.16. The fourth-order valence-electron chi connectivity index (χ4n) is 3.11. The molecule has 1 atom stereocenters. The average Bonchev–Trinajstić information content (AvgIpc) is 2.83. The topological polar surface area (TPSA) is 109 Å². The van der Waals surface area contributed by atoms with Gasteiger partial charge in [0.2, 0.25) is 5.91 Å². The highest BCUT2D eigenvalue weighted by Crippen LogP contribution is 2.23. The summed E-state index contributed by atoms with van der Waals surface area (Å²) in [5.74, 6) is 0.557. The predicted octanol–water partition coefficient (Wildman–Crippen LogP) is 3.97. The van der Waals surface area contributed by atoms with Crippen molar-refractivity contribution in [3.05, 3.63) is 78.9 Å². The van der Waals surface area contributed by atoms with Crippen molar-refractivity contribution in [2.45, 2.75) is 12.5 Å². The third-order valence-electron chi connectivity index (χ3n) is 4.74. The van der Waals surface area contributed by atoms with Gasteiger partial charge < -0.3 is 30.5 Å². The quantitative estimate of drug-likeness (QED) is 0.310. The first-order valence-electron chi connectivity index (χ1n) is 10.5. The molecule has 8 nitrogen and oxygen atoms in total. The Morgan fingerprint density at radius 2 is 1.55 bits per heavy atom. The van der Waals surface area contributed by atoms with Crippen LogP contribution >= 0.6 is 0 Å². The van der Waals surface area contributed by atoms with Gasteiger partial charge in [0.25, 0.3) is 0 Å². The molecule has 0 fully saturated rings. The lowest BCUT2D eigenvalue weighted by Crippen LogP contribution is -2.41. The van der Waals surface area contributed by atoms with Gasteiger partial charge in [-0.05, 0) is 48.5 Å². The Bertz CT molecular complexity index is 1040. The molecule has 0 aromatic heterocycles. The van der Waals surface area contributed by atoms with Crippen molar-refractivity contribution in [2.24, 2.45) is 0 Å². The fourth-order valence-corrected chi connectivity index (χ4v) is 3.11. The monoisotopic (exact) mass is 449 g/mol. The second kappa shape index (κ2) is 12.1. The van der Waals surface area contributed by atoms with Crippen molar-refractivity contribution < 1.29 is 24.2 Å². The molecule has 33 heavy (non-hydrogen) atoms. The minimum Gasteiger partial charge on any atom is -0.495 e. The molecule has 0 bridgehead atoms. The maximum Gasteiger partial charge on any atom is 0.321 e. The highest BCUT2D eigenvalue weighted by Gasteiger charge is 2.20. The summed E-state index contributed by atoms with van der Waals surface area (Å²) in [6, 6.07) is 22.7. The number of methoxy groups -OCH3 is 1. The van der Waals surface area contributed by atoms with Crippen LogP contribution in [0.3, 0.4) is 0 Å². The normalized spacial score (nSPS) is 11.3. The summed E-state index contributed by atoms with van der Waals surface area (Å²) in [6.07, 6.45) is -0.202. The number of ether oxygens (including phenoxy) is 2. The number of nitrogens with one attached hydrogen (secondary N) is 3. The molecule has 0 saturated carbocycles. The van der Waals surface area contributed by atoms with Crippen LogP contribution in [-0.4, -0.2) is 43.2 Å². The minimum atomic E-state index is -1.09. The van der Waals surface area contributed by atoms with Crippen molar-refractivity contribution in [3.63, 3.8) is 0 Å². The van der Waals surface area contributed by atoms with E-state index in [1.165, 1.54) is 0 Å². The van der Waals surface area contributed by atoms with Gasteiger partial charge in [-0.1, -0.05) is 30.3 Å². The van der Waals surface area contributed by atoms with Gasteiger partial charge in [-0.2, -0.15) is 0 Å². The number of carboxylic acid groups (broad SMARTS) is 1. The van der Waals surface area contributed by atoms with E-state index in [0.717, 1.165) is 5.69 Å². The predicted molar refractivity (Wildman–Crippen MR) is 127 cm³/mol. The van der Waals surface area contributed by atoms with Gasteiger partial charge in [-0.25, -0.2) is 0 Å². The van der Waals surface area contributed by atoms with Crippen LogP contribution in [0, 0.1) is 0 Å². The number of carbonyl (C=O) groups is 2. The SMILES string of the molecule is COc1ccccc1NCCN[C@H](CC(=O)Nc1ccc(Oc2ccccc2)cc1)C(=O)O. The van der Waals surface area contributed by atoms with E-state index in [9.17, 15) is 14.7 Å². The Balaban J connectivity index is 1.45. The number of carbonyl (C=O) groups excluding carboxylic acids is 1. The molecule has 0 aliphatic rings. The number of amides is 1. The molecule has 1 amide bonds. The zero-order valence-electron chi connectivity index (χ0n) is 18.3. The summed E-state index contributed by atoms with van der Waals surface area (Å²) >= 11 is 0. The second-order valence-electron chi connectivity index (χ2n) is 7.16. The van der Waals surface area contributed by atoms with Crippen LogP contribution < -0.4 is 25.4 Å². The molecule has 0 saturated heterocycles. The van der Waals surface area contributed by atoms with E-state index in [2.05, 4.69) is 16.0 Å². The Morgan fingerprint density at radius 3 is 2.24 bits per heavy atom. The summed E-state index contributed by atoms with van der Waals surface area (Å²) in [5.41, 5.74) is 1.37. The standard InChI is InChI=1S/C25H27N3O5/c1-32-23-10-6-5-9-21(23)26-15-16-27-22(25(30)31)17-24(29)28-18-11-13-20(14-12-18)33-19-7-3-2-4-8-19/h2-14,22,26-27H,15-17H2,1H3,(H,28,29)(H,30,31)/t22-/m1/s1. The van der Waals surface area contributed by atoms with E-state index >= 15 is 0 Å². The Kier molecular flexibility index (Phi) is 8.67. The van der Waals surface area contributed by atoms with E-state index in [1.807, 2.05) is 54.6 Å². The van der Waals surface area contributed by atoms with E-state index < -0.39 is 17.9 Å². The number of hydrogen-bond donors (Lipinski definition) is 4. The van der Waals surface area contributed by atoms with Crippen LogP contribution in [-0.2, 0) is 9.59 Å². The number of para-hydroxylation sites is 3. The van der Waals surface area contributed by atoms with Gasteiger partial charge >= 0.3 is 5.97 Å². The largest absolute Gasteiger partial charge is 0.495 e. The smallest absolute Gasteiger partial charge is 0.321 e. The first-order chi connectivity index (χ1) is 16.0. The minimum absolute atomic E-state index is 0.202. The number of hydrogen-bond acceptors (Lipinski definition) is 6. The van der Waals surface area contributed by atoms with E-state index in [4.69, 9.17) is 9.47 Å².